The van der Waals surface area contributed by atoms with Gasteiger partial charge in [0.2, 0.25) is 5.91 Å². The molecule has 6 heteroatoms. The summed E-state index contributed by atoms with van der Waals surface area (Å²) in [5.74, 6) is 0.0717. The molecule has 6 nitrogen and oxygen atoms in total. The van der Waals surface area contributed by atoms with Gasteiger partial charge in [-0.25, -0.2) is 0 Å². The largest absolute Gasteiger partial charge is 0.468 e. The summed E-state index contributed by atoms with van der Waals surface area (Å²) in [5, 5.41) is 0. The molecule has 2 aliphatic rings. The molecule has 2 rings (SSSR count). The van der Waals surface area contributed by atoms with Crippen LogP contribution in [-0.4, -0.2) is 86.0 Å². The van der Waals surface area contributed by atoms with E-state index in [2.05, 4.69) is 14.5 Å². The van der Waals surface area contributed by atoms with Crippen molar-refractivity contribution in [3.8, 4) is 0 Å². The van der Waals surface area contributed by atoms with Crippen molar-refractivity contribution in [3.05, 3.63) is 0 Å². The first-order valence-corrected chi connectivity index (χ1v) is 7.98. The first-order valence-electron chi connectivity index (χ1n) is 7.98. The van der Waals surface area contributed by atoms with Gasteiger partial charge in [0.15, 0.2) is 0 Å². The highest BCUT2D eigenvalue weighted by atomic mass is 16.5. The predicted molar refractivity (Wildman–Crippen MR) is 79.9 cm³/mol. The van der Waals surface area contributed by atoms with Crippen LogP contribution in [0.15, 0.2) is 0 Å². The van der Waals surface area contributed by atoms with Gasteiger partial charge in [-0.05, 0) is 12.8 Å². The number of hydrogen-bond acceptors (Lipinski definition) is 5. The third-order valence-electron chi connectivity index (χ3n) is 4.36. The standard InChI is InChI=1S/C15H27N3O3/c1-21-15(20)13-17-10-8-16(9-11-17)12-14(19)18-6-4-2-3-5-7-18/h2-13H2,1H3. The minimum atomic E-state index is -0.191. The third kappa shape index (κ3) is 5.28. The zero-order valence-electron chi connectivity index (χ0n) is 13.1. The zero-order chi connectivity index (χ0) is 15.1. The van der Waals surface area contributed by atoms with Crippen molar-refractivity contribution in [2.45, 2.75) is 25.7 Å². The molecule has 21 heavy (non-hydrogen) atoms. The second-order valence-corrected chi connectivity index (χ2v) is 5.92. The fourth-order valence-corrected chi connectivity index (χ4v) is 2.96. The minimum Gasteiger partial charge on any atom is -0.468 e. The normalized spacial score (nSPS) is 21.9. The summed E-state index contributed by atoms with van der Waals surface area (Å²) in [4.78, 5) is 29.9. The van der Waals surface area contributed by atoms with E-state index >= 15 is 0 Å². The van der Waals surface area contributed by atoms with Crippen LogP contribution in [0.5, 0.6) is 0 Å². The van der Waals surface area contributed by atoms with Crippen molar-refractivity contribution in [2.24, 2.45) is 0 Å². The van der Waals surface area contributed by atoms with Gasteiger partial charge in [-0.3, -0.25) is 19.4 Å². The molecule has 0 N–H and O–H groups in total. The number of piperazine rings is 1. The molecule has 0 saturated carbocycles. The van der Waals surface area contributed by atoms with Crippen molar-refractivity contribution < 1.29 is 14.3 Å². The number of esters is 1. The molecular weight excluding hydrogens is 270 g/mol. The molecule has 0 atom stereocenters. The van der Waals surface area contributed by atoms with E-state index in [1.807, 2.05) is 4.90 Å². The number of likely N-dealkylation sites (tertiary alicyclic amines) is 1. The first kappa shape index (κ1) is 16.2. The SMILES string of the molecule is COC(=O)CN1CCN(CC(=O)N2CCCCCC2)CC1. The zero-order valence-corrected chi connectivity index (χ0v) is 13.1. The second-order valence-electron chi connectivity index (χ2n) is 5.92. The molecule has 2 saturated heterocycles. The van der Waals surface area contributed by atoms with Crippen molar-refractivity contribution in [3.63, 3.8) is 0 Å². The summed E-state index contributed by atoms with van der Waals surface area (Å²) in [6, 6.07) is 0. The van der Waals surface area contributed by atoms with Gasteiger partial charge in [0.1, 0.15) is 0 Å². The Hall–Kier alpha value is -1.14. The van der Waals surface area contributed by atoms with Crippen molar-refractivity contribution in [1.29, 1.82) is 0 Å². The van der Waals surface area contributed by atoms with Crippen LogP contribution in [-0.2, 0) is 14.3 Å². The molecule has 2 heterocycles. The van der Waals surface area contributed by atoms with Crippen LogP contribution in [0.3, 0.4) is 0 Å². The highest BCUT2D eigenvalue weighted by Crippen LogP contribution is 2.10. The summed E-state index contributed by atoms with van der Waals surface area (Å²) in [7, 11) is 1.42. The average molecular weight is 297 g/mol. The van der Waals surface area contributed by atoms with Crippen LogP contribution in [0.25, 0.3) is 0 Å². The Bertz CT molecular complexity index is 346. The number of rotatable bonds is 4. The highest BCUT2D eigenvalue weighted by molar-refractivity contribution is 5.78. The van der Waals surface area contributed by atoms with Crippen LogP contribution in [0.2, 0.25) is 0 Å². The topological polar surface area (TPSA) is 53.1 Å². The van der Waals surface area contributed by atoms with Crippen LogP contribution in [0.4, 0.5) is 0 Å². The summed E-state index contributed by atoms with van der Waals surface area (Å²) in [6.07, 6.45) is 4.77. The van der Waals surface area contributed by atoms with E-state index in [9.17, 15) is 9.59 Å². The van der Waals surface area contributed by atoms with Crippen LogP contribution in [0, 0.1) is 0 Å². The molecular formula is C15H27N3O3. The number of methoxy groups -OCH3 is 1. The summed E-state index contributed by atoms with van der Waals surface area (Å²) in [6.45, 7) is 6.04. The number of amides is 1. The Morgan fingerprint density at radius 2 is 1.33 bits per heavy atom. The van der Waals surface area contributed by atoms with E-state index < -0.39 is 0 Å². The third-order valence-corrected chi connectivity index (χ3v) is 4.36. The molecule has 0 aromatic carbocycles. The number of ether oxygens (including phenoxy) is 1. The maximum Gasteiger partial charge on any atom is 0.319 e. The van der Waals surface area contributed by atoms with E-state index in [0.717, 1.165) is 52.1 Å². The van der Waals surface area contributed by atoms with Crippen LogP contribution in [0.1, 0.15) is 25.7 Å². The van der Waals surface area contributed by atoms with Gasteiger partial charge in [-0.15, -0.1) is 0 Å². The lowest BCUT2D eigenvalue weighted by molar-refractivity contribution is -0.142. The molecule has 0 unspecified atom stereocenters. The molecule has 0 bridgehead atoms. The Kier molecular flexibility index (Phi) is 6.45. The van der Waals surface area contributed by atoms with E-state index in [1.165, 1.54) is 20.0 Å². The molecule has 1 amide bonds. The minimum absolute atomic E-state index is 0.191. The van der Waals surface area contributed by atoms with Crippen LogP contribution < -0.4 is 0 Å². The molecule has 0 aromatic heterocycles. The predicted octanol–water partition coefficient (Wildman–Crippen LogP) is 0.180. The Morgan fingerprint density at radius 3 is 1.86 bits per heavy atom. The van der Waals surface area contributed by atoms with Gasteiger partial charge in [-0.1, -0.05) is 12.8 Å². The number of nitrogens with zero attached hydrogens (tertiary/aromatic N) is 3. The average Bonchev–Trinajstić information content (AvgIpc) is 2.78. The summed E-state index contributed by atoms with van der Waals surface area (Å²) >= 11 is 0. The molecule has 2 aliphatic heterocycles. The lowest BCUT2D eigenvalue weighted by Crippen LogP contribution is -2.51. The van der Waals surface area contributed by atoms with E-state index in [4.69, 9.17) is 0 Å². The molecule has 0 aliphatic carbocycles. The lowest BCUT2D eigenvalue weighted by atomic mass is 10.2. The number of hydrogen-bond donors (Lipinski definition) is 0. The van der Waals surface area contributed by atoms with Crippen LogP contribution >= 0.6 is 0 Å². The maximum absolute atomic E-state index is 12.3. The smallest absolute Gasteiger partial charge is 0.319 e. The Labute approximate surface area is 127 Å². The Morgan fingerprint density at radius 1 is 0.810 bits per heavy atom. The van der Waals surface area contributed by atoms with E-state index in [-0.39, 0.29) is 11.9 Å². The van der Waals surface area contributed by atoms with Gasteiger partial charge in [-0.2, -0.15) is 0 Å². The van der Waals surface area contributed by atoms with Crippen molar-refractivity contribution in [1.82, 2.24) is 14.7 Å². The quantitative estimate of drug-likeness (QED) is 0.693. The van der Waals surface area contributed by atoms with Gasteiger partial charge >= 0.3 is 5.97 Å². The van der Waals surface area contributed by atoms with Gasteiger partial charge < -0.3 is 9.64 Å². The molecule has 0 radical (unpaired) electrons. The van der Waals surface area contributed by atoms with Crippen molar-refractivity contribution in [2.75, 3.05) is 59.5 Å². The van der Waals surface area contributed by atoms with E-state index in [0.29, 0.717) is 13.1 Å². The number of carbonyl (C=O) groups excluding carboxylic acids is 2. The van der Waals surface area contributed by atoms with Crippen molar-refractivity contribution >= 4 is 11.9 Å². The first-order chi connectivity index (χ1) is 10.2. The Balaban J connectivity index is 1.70. The van der Waals surface area contributed by atoms with Gasteiger partial charge in [0.05, 0.1) is 20.2 Å². The van der Waals surface area contributed by atoms with Gasteiger partial charge in [0, 0.05) is 39.3 Å². The molecule has 120 valence electrons. The molecule has 0 aromatic rings. The highest BCUT2D eigenvalue weighted by Gasteiger charge is 2.23. The summed E-state index contributed by atoms with van der Waals surface area (Å²) < 4.78 is 4.68. The number of carbonyl (C=O) groups is 2. The second kappa shape index (κ2) is 8.34. The maximum atomic E-state index is 12.3. The molecule has 0 spiro atoms. The summed E-state index contributed by atoms with van der Waals surface area (Å²) in [5.41, 5.74) is 0. The monoisotopic (exact) mass is 297 g/mol. The fraction of sp³-hybridized carbons (Fsp3) is 0.867. The van der Waals surface area contributed by atoms with E-state index in [1.54, 1.807) is 0 Å². The fourth-order valence-electron chi connectivity index (χ4n) is 2.96. The van der Waals surface area contributed by atoms with Gasteiger partial charge in [0.25, 0.3) is 0 Å². The lowest BCUT2D eigenvalue weighted by Gasteiger charge is -2.34. The molecule has 2 fully saturated rings.